The van der Waals surface area contributed by atoms with E-state index in [0.29, 0.717) is 23.0 Å². The van der Waals surface area contributed by atoms with Crippen molar-refractivity contribution in [1.29, 1.82) is 0 Å². The molecule has 0 unspecified atom stereocenters. The Morgan fingerprint density at radius 3 is 2.08 bits per heavy atom. The van der Waals surface area contributed by atoms with E-state index in [-0.39, 0.29) is 24.5 Å². The van der Waals surface area contributed by atoms with E-state index in [1.807, 2.05) is 60.7 Å². The van der Waals surface area contributed by atoms with Crippen molar-refractivity contribution in [3.63, 3.8) is 0 Å². The molecule has 4 aromatic rings. The first-order valence-corrected chi connectivity index (χ1v) is 12.1. The third kappa shape index (κ3) is 4.89. The van der Waals surface area contributed by atoms with E-state index in [4.69, 9.17) is 11.5 Å². The van der Waals surface area contributed by atoms with Gasteiger partial charge in [0.15, 0.2) is 0 Å². The summed E-state index contributed by atoms with van der Waals surface area (Å²) in [4.78, 5) is 40.3. The van der Waals surface area contributed by atoms with Gasteiger partial charge in [0.2, 0.25) is 5.91 Å². The first-order chi connectivity index (χ1) is 17.9. The highest BCUT2D eigenvalue weighted by molar-refractivity contribution is 6.05. The standard InChI is InChI=1S/C28H28N6O3/c29-20-15-24(26(35)32-25(18-9-3-1-4-10-18)19-11-5-2-6-12-19)34(16-20)28(37)31-22-17-33(27(30)36)23-14-8-7-13-21(22)23/h1-14,17,20,24-25H,15-16,29H2,(H2,30,36)(H,31,37)(H,32,35)/t20-,24-/m0/s1. The number of anilines is 1. The fraction of sp³-hybridized carbons (Fsp3) is 0.179. The van der Waals surface area contributed by atoms with E-state index in [1.54, 1.807) is 24.3 Å². The number of primary amides is 1. The molecule has 9 nitrogen and oxygen atoms in total. The number of hydrogen-bond donors (Lipinski definition) is 4. The highest BCUT2D eigenvalue weighted by Crippen LogP contribution is 2.28. The number of nitrogens with two attached hydrogens (primary N) is 2. The van der Waals surface area contributed by atoms with Gasteiger partial charge in [-0.05, 0) is 23.6 Å². The summed E-state index contributed by atoms with van der Waals surface area (Å²) in [6, 6.07) is 23.8. The Kier molecular flexibility index (Phi) is 6.61. The summed E-state index contributed by atoms with van der Waals surface area (Å²) in [5.41, 5.74) is 14.6. The molecule has 5 rings (SSSR count). The van der Waals surface area contributed by atoms with Crippen LogP contribution in [0.5, 0.6) is 0 Å². The highest BCUT2D eigenvalue weighted by Gasteiger charge is 2.39. The molecular formula is C28H28N6O3. The van der Waals surface area contributed by atoms with Gasteiger partial charge < -0.3 is 27.0 Å². The number of amides is 4. The molecule has 1 saturated heterocycles. The normalized spacial score (nSPS) is 17.2. The smallest absolute Gasteiger partial charge is 0.323 e. The molecule has 3 aromatic carbocycles. The molecule has 0 saturated carbocycles. The lowest BCUT2D eigenvalue weighted by atomic mass is 9.98. The lowest BCUT2D eigenvalue weighted by Crippen LogP contribution is -2.48. The van der Waals surface area contributed by atoms with Crippen LogP contribution >= 0.6 is 0 Å². The summed E-state index contributed by atoms with van der Waals surface area (Å²) in [7, 11) is 0. The zero-order valence-corrected chi connectivity index (χ0v) is 20.1. The third-order valence-electron chi connectivity index (χ3n) is 6.64. The van der Waals surface area contributed by atoms with Crippen molar-refractivity contribution in [2.75, 3.05) is 11.9 Å². The number of rotatable bonds is 5. The van der Waals surface area contributed by atoms with Gasteiger partial charge >= 0.3 is 12.1 Å². The SMILES string of the molecule is NC(=O)n1cc(NC(=O)N2C[C@@H](N)C[C@H]2C(=O)NC(c2ccccc2)c2ccccc2)c2ccccc21. The molecule has 9 heteroatoms. The monoisotopic (exact) mass is 496 g/mol. The molecule has 0 radical (unpaired) electrons. The summed E-state index contributed by atoms with van der Waals surface area (Å²) in [5, 5.41) is 6.63. The molecule has 0 aliphatic carbocycles. The van der Waals surface area contributed by atoms with Crippen LogP contribution in [0, 0.1) is 0 Å². The number of aromatic nitrogens is 1. The number of para-hydroxylation sites is 1. The molecule has 0 bridgehead atoms. The van der Waals surface area contributed by atoms with Crippen LogP contribution < -0.4 is 22.1 Å². The first kappa shape index (κ1) is 24.1. The van der Waals surface area contributed by atoms with Crippen molar-refractivity contribution >= 4 is 34.6 Å². The van der Waals surface area contributed by atoms with Crippen molar-refractivity contribution in [2.45, 2.75) is 24.5 Å². The zero-order chi connectivity index (χ0) is 25.9. The molecule has 188 valence electrons. The fourth-order valence-corrected chi connectivity index (χ4v) is 4.88. The first-order valence-electron chi connectivity index (χ1n) is 12.1. The number of carbonyl (C=O) groups excluding carboxylic acids is 3. The maximum absolute atomic E-state index is 13.6. The second-order valence-corrected chi connectivity index (χ2v) is 9.13. The lowest BCUT2D eigenvalue weighted by molar-refractivity contribution is -0.125. The van der Waals surface area contributed by atoms with Gasteiger partial charge in [-0.25, -0.2) is 9.59 Å². The van der Waals surface area contributed by atoms with Crippen LogP contribution in [0.1, 0.15) is 23.6 Å². The number of nitrogens with one attached hydrogen (secondary N) is 2. The van der Waals surface area contributed by atoms with Gasteiger partial charge in [-0.15, -0.1) is 0 Å². The molecule has 1 aromatic heterocycles. The van der Waals surface area contributed by atoms with Crippen molar-refractivity contribution in [3.05, 3.63) is 102 Å². The van der Waals surface area contributed by atoms with E-state index < -0.39 is 18.1 Å². The Hall–Kier alpha value is -4.63. The second-order valence-electron chi connectivity index (χ2n) is 9.13. The Morgan fingerprint density at radius 2 is 1.46 bits per heavy atom. The molecule has 37 heavy (non-hydrogen) atoms. The van der Waals surface area contributed by atoms with Gasteiger partial charge in [0.25, 0.3) is 0 Å². The van der Waals surface area contributed by atoms with Gasteiger partial charge in [-0.3, -0.25) is 9.36 Å². The van der Waals surface area contributed by atoms with Gasteiger partial charge in [0.05, 0.1) is 17.2 Å². The summed E-state index contributed by atoms with van der Waals surface area (Å²) < 4.78 is 1.27. The number of hydrogen-bond acceptors (Lipinski definition) is 4. The minimum absolute atomic E-state index is 0.222. The van der Waals surface area contributed by atoms with E-state index in [9.17, 15) is 14.4 Å². The van der Waals surface area contributed by atoms with Crippen LogP contribution in [0.3, 0.4) is 0 Å². The minimum atomic E-state index is -0.755. The van der Waals surface area contributed by atoms with Crippen molar-refractivity contribution in [1.82, 2.24) is 14.8 Å². The average Bonchev–Trinajstić information content (AvgIpc) is 3.49. The van der Waals surface area contributed by atoms with E-state index in [0.717, 1.165) is 11.1 Å². The number of benzene rings is 3. The largest absolute Gasteiger partial charge is 0.351 e. The lowest BCUT2D eigenvalue weighted by Gasteiger charge is -2.27. The number of likely N-dealkylation sites (tertiary alicyclic amines) is 1. The third-order valence-corrected chi connectivity index (χ3v) is 6.64. The van der Waals surface area contributed by atoms with E-state index in [1.165, 1.54) is 15.7 Å². The Balaban J connectivity index is 1.39. The number of carbonyl (C=O) groups is 3. The molecule has 6 N–H and O–H groups in total. The summed E-state index contributed by atoms with van der Waals surface area (Å²) in [6.45, 7) is 0.222. The van der Waals surface area contributed by atoms with Crippen LogP contribution in [0.15, 0.2) is 91.1 Å². The predicted molar refractivity (Wildman–Crippen MR) is 142 cm³/mol. The topological polar surface area (TPSA) is 135 Å². The Labute approximate surface area is 214 Å². The van der Waals surface area contributed by atoms with Gasteiger partial charge in [-0.1, -0.05) is 78.9 Å². The molecular weight excluding hydrogens is 468 g/mol. The maximum atomic E-state index is 13.6. The number of nitrogens with zero attached hydrogens (tertiary/aromatic N) is 2. The Morgan fingerprint density at radius 1 is 0.865 bits per heavy atom. The van der Waals surface area contributed by atoms with Crippen LogP contribution in [-0.4, -0.2) is 46.1 Å². The number of urea groups is 1. The molecule has 1 aliphatic rings. The van der Waals surface area contributed by atoms with E-state index in [2.05, 4.69) is 10.6 Å². The van der Waals surface area contributed by atoms with Crippen molar-refractivity contribution in [2.24, 2.45) is 11.5 Å². The van der Waals surface area contributed by atoms with Gasteiger partial charge in [0, 0.05) is 24.2 Å². The summed E-state index contributed by atoms with van der Waals surface area (Å²) in [6.07, 6.45) is 1.81. The van der Waals surface area contributed by atoms with Gasteiger partial charge in [0.1, 0.15) is 6.04 Å². The predicted octanol–water partition coefficient (Wildman–Crippen LogP) is 3.41. The molecule has 2 heterocycles. The van der Waals surface area contributed by atoms with Crippen LogP contribution in [-0.2, 0) is 4.79 Å². The second kappa shape index (κ2) is 10.2. The summed E-state index contributed by atoms with van der Waals surface area (Å²) in [5.74, 6) is -0.291. The minimum Gasteiger partial charge on any atom is -0.351 e. The highest BCUT2D eigenvalue weighted by atomic mass is 16.2. The quantitative estimate of drug-likeness (QED) is 0.337. The van der Waals surface area contributed by atoms with Crippen molar-refractivity contribution < 1.29 is 14.4 Å². The zero-order valence-electron chi connectivity index (χ0n) is 20.1. The molecule has 1 fully saturated rings. The average molecular weight is 497 g/mol. The fourth-order valence-electron chi connectivity index (χ4n) is 4.88. The molecule has 0 spiro atoms. The van der Waals surface area contributed by atoms with Gasteiger partial charge in [-0.2, -0.15) is 0 Å². The summed E-state index contributed by atoms with van der Waals surface area (Å²) >= 11 is 0. The van der Waals surface area contributed by atoms with Crippen LogP contribution in [0.25, 0.3) is 10.9 Å². The molecule has 4 amide bonds. The van der Waals surface area contributed by atoms with Crippen LogP contribution in [0.4, 0.5) is 15.3 Å². The maximum Gasteiger partial charge on any atom is 0.323 e. The van der Waals surface area contributed by atoms with E-state index >= 15 is 0 Å². The van der Waals surface area contributed by atoms with Crippen LogP contribution in [0.2, 0.25) is 0 Å². The number of fused-ring (bicyclic) bond motifs is 1. The Bertz CT molecular complexity index is 1400. The molecule has 1 aliphatic heterocycles. The van der Waals surface area contributed by atoms with Crippen molar-refractivity contribution in [3.8, 4) is 0 Å². The molecule has 2 atom stereocenters.